The summed E-state index contributed by atoms with van der Waals surface area (Å²) >= 11 is 0. The van der Waals surface area contributed by atoms with Crippen LogP contribution in [-0.2, 0) is 0 Å². The summed E-state index contributed by atoms with van der Waals surface area (Å²) in [5.74, 6) is 0. The van der Waals surface area contributed by atoms with Crippen LogP contribution in [0.3, 0.4) is 0 Å². The van der Waals surface area contributed by atoms with E-state index in [0.29, 0.717) is 0 Å². The average molecular weight is 258 g/mol. The van der Waals surface area contributed by atoms with E-state index in [1.54, 1.807) is 0 Å². The quantitative estimate of drug-likeness (QED) is 0.577. The molecule has 0 N–H and O–H groups in total. The fraction of sp³-hybridized carbons (Fsp3) is 0.200. The maximum atomic E-state index is 2.47. The Labute approximate surface area is 106 Å². The van der Waals surface area contributed by atoms with Gasteiger partial charge >= 0.3 is 0 Å². The smallest absolute Gasteiger partial charge is 0.0651 e. The molecule has 0 nitrogen and oxygen atoms in total. The van der Waals surface area contributed by atoms with Gasteiger partial charge in [0, 0.05) is 0 Å². The normalized spacial score (nSPS) is 11.8. The Kier molecular flexibility index (Phi) is 3.81. The second kappa shape index (κ2) is 5.16. The molecule has 2 aromatic rings. The van der Waals surface area contributed by atoms with Gasteiger partial charge in [0.05, 0.1) is 7.74 Å². The number of hydrogen-bond acceptors (Lipinski definition) is 0. The minimum absolute atomic E-state index is 0.153. The van der Waals surface area contributed by atoms with Gasteiger partial charge in [0.15, 0.2) is 0 Å². The lowest BCUT2D eigenvalue weighted by atomic mass is 10.4. The topological polar surface area (TPSA) is 0 Å². The Bertz CT molecular complexity index is 420. The molecule has 0 saturated carbocycles. The van der Waals surface area contributed by atoms with E-state index >= 15 is 0 Å². The van der Waals surface area contributed by atoms with Crippen LogP contribution < -0.4 is 10.6 Å². The molecule has 0 amide bonds. The lowest BCUT2D eigenvalue weighted by molar-refractivity contribution is 1.75. The molecule has 0 saturated heterocycles. The van der Waals surface area contributed by atoms with Crippen molar-refractivity contribution in [2.45, 2.75) is 19.6 Å². The Morgan fingerprint density at radius 1 is 0.647 bits per heavy atom. The van der Waals surface area contributed by atoms with Gasteiger partial charge in [-0.3, -0.25) is 0 Å². The molecule has 0 spiro atoms. The molecule has 0 radical (unpaired) electrons. The zero-order valence-electron chi connectivity index (χ0n) is 10.7. The van der Waals surface area contributed by atoms with Crippen LogP contribution in [0.5, 0.6) is 0 Å². The van der Waals surface area contributed by atoms with Crippen LogP contribution in [0, 0.1) is 0 Å². The number of hydrogen-bond donors (Lipinski definition) is 0. The Morgan fingerprint density at radius 3 is 1.29 bits per heavy atom. The number of rotatable bonds is 3. The van der Waals surface area contributed by atoms with Crippen LogP contribution in [-0.4, -0.2) is 7.74 Å². The van der Waals surface area contributed by atoms with Gasteiger partial charge in [0.1, 0.15) is 0 Å². The van der Waals surface area contributed by atoms with Gasteiger partial charge in [-0.2, -0.15) is 0 Å². The highest BCUT2D eigenvalue weighted by atomic mass is 31.4. The van der Waals surface area contributed by atoms with Gasteiger partial charge in [-0.25, -0.2) is 0 Å². The zero-order valence-corrected chi connectivity index (χ0v) is 12.6. The van der Waals surface area contributed by atoms with Crippen LogP contribution in [0.1, 0.15) is 0 Å². The molecular weight excluding hydrogens is 239 g/mol. The molecule has 0 unspecified atom stereocenters. The van der Waals surface area contributed by atoms with Crippen molar-refractivity contribution in [1.82, 2.24) is 0 Å². The molecule has 2 aromatic carbocycles. The van der Waals surface area contributed by atoms with Gasteiger partial charge in [-0.05, 0) is 10.6 Å². The monoisotopic (exact) mass is 258 g/mol. The van der Waals surface area contributed by atoms with Crippen molar-refractivity contribution < 1.29 is 0 Å². The molecular formula is C15H19PSi. The van der Waals surface area contributed by atoms with E-state index in [2.05, 4.69) is 80.3 Å². The van der Waals surface area contributed by atoms with Gasteiger partial charge in [0.2, 0.25) is 0 Å². The highest BCUT2D eigenvalue weighted by molar-refractivity contribution is 8.04. The summed E-state index contributed by atoms with van der Waals surface area (Å²) in [4.78, 5) is 0. The fourth-order valence-electron chi connectivity index (χ4n) is 2.08. The van der Waals surface area contributed by atoms with E-state index in [1.807, 2.05) is 0 Å². The summed E-state index contributed by atoms with van der Waals surface area (Å²) in [7, 11) is -1.36. The molecule has 2 rings (SSSR count). The fourth-order valence-corrected chi connectivity index (χ4v) is 10.4. The second-order valence-corrected chi connectivity index (χ2v) is 16.6. The van der Waals surface area contributed by atoms with E-state index in [9.17, 15) is 0 Å². The van der Waals surface area contributed by atoms with Gasteiger partial charge in [0.25, 0.3) is 0 Å². The summed E-state index contributed by atoms with van der Waals surface area (Å²) in [6, 6.07) is 22.0. The Balaban J connectivity index is 2.48. The lowest BCUT2D eigenvalue weighted by Gasteiger charge is -2.30. The van der Waals surface area contributed by atoms with Crippen LogP contribution >= 0.6 is 7.47 Å². The minimum atomic E-state index is -1.20. The molecule has 0 aliphatic heterocycles. The minimum Gasteiger partial charge on any atom is -0.0651 e. The van der Waals surface area contributed by atoms with Gasteiger partial charge in [-0.15, -0.1) is 0 Å². The van der Waals surface area contributed by atoms with E-state index in [4.69, 9.17) is 0 Å². The summed E-state index contributed by atoms with van der Waals surface area (Å²) < 4.78 is 0. The molecule has 0 aliphatic rings. The van der Waals surface area contributed by atoms with E-state index < -0.39 is 7.74 Å². The zero-order chi connectivity index (χ0) is 12.3. The summed E-state index contributed by atoms with van der Waals surface area (Å²) in [5.41, 5.74) is 0. The maximum absolute atomic E-state index is 2.47. The van der Waals surface area contributed by atoms with E-state index in [-0.39, 0.29) is 7.47 Å². The van der Waals surface area contributed by atoms with Crippen molar-refractivity contribution in [2.75, 3.05) is 0 Å². The molecule has 17 heavy (non-hydrogen) atoms. The third-order valence-corrected chi connectivity index (χ3v) is 11.2. The maximum Gasteiger partial charge on any atom is 0.0827 e. The lowest BCUT2D eigenvalue weighted by Crippen LogP contribution is -2.30. The van der Waals surface area contributed by atoms with Crippen molar-refractivity contribution in [3.05, 3.63) is 60.7 Å². The van der Waals surface area contributed by atoms with Crippen molar-refractivity contribution in [2.24, 2.45) is 0 Å². The van der Waals surface area contributed by atoms with Gasteiger partial charge in [-0.1, -0.05) is 87.8 Å². The van der Waals surface area contributed by atoms with Crippen LogP contribution in [0.2, 0.25) is 19.6 Å². The predicted molar refractivity (Wildman–Crippen MR) is 82.4 cm³/mol. The molecule has 0 aliphatic carbocycles. The molecule has 0 heterocycles. The van der Waals surface area contributed by atoms with Gasteiger partial charge < -0.3 is 0 Å². The first-order valence-electron chi connectivity index (χ1n) is 5.99. The molecule has 2 heteroatoms. The van der Waals surface area contributed by atoms with Crippen molar-refractivity contribution in [3.63, 3.8) is 0 Å². The van der Waals surface area contributed by atoms with Crippen molar-refractivity contribution in [3.8, 4) is 0 Å². The molecule has 0 aromatic heterocycles. The summed E-state index contributed by atoms with van der Waals surface area (Å²) in [5, 5.41) is 3.04. The van der Waals surface area contributed by atoms with Crippen molar-refractivity contribution >= 4 is 25.8 Å². The largest absolute Gasteiger partial charge is 0.0827 e. The first-order valence-corrected chi connectivity index (χ1v) is 11.7. The van der Waals surface area contributed by atoms with Crippen LogP contribution in [0.15, 0.2) is 60.7 Å². The average Bonchev–Trinajstić information content (AvgIpc) is 2.30. The molecule has 0 atom stereocenters. The third-order valence-electron chi connectivity index (χ3n) is 2.70. The van der Waals surface area contributed by atoms with Crippen LogP contribution in [0.4, 0.5) is 0 Å². The molecule has 88 valence electrons. The van der Waals surface area contributed by atoms with E-state index in [1.165, 1.54) is 10.6 Å². The first-order chi connectivity index (χ1) is 8.09. The standard InChI is InChI=1S/C15H19PSi/c1-17(2,3)16(14-10-6-4-7-11-14)15-12-8-5-9-13-15/h4-13H,1-3H3. The highest BCUT2D eigenvalue weighted by Crippen LogP contribution is 2.44. The number of benzene rings is 2. The van der Waals surface area contributed by atoms with E-state index in [0.717, 1.165) is 0 Å². The third kappa shape index (κ3) is 3.05. The molecule has 0 fully saturated rings. The summed E-state index contributed by atoms with van der Waals surface area (Å²) in [6.07, 6.45) is 0. The molecule has 0 bridgehead atoms. The highest BCUT2D eigenvalue weighted by Gasteiger charge is 2.28. The van der Waals surface area contributed by atoms with Crippen LogP contribution in [0.25, 0.3) is 0 Å². The Hall–Kier alpha value is -0.913. The van der Waals surface area contributed by atoms with Crippen molar-refractivity contribution in [1.29, 1.82) is 0 Å². The SMILES string of the molecule is C[Si](C)(C)P(c1ccccc1)c1ccccc1. The first kappa shape index (κ1) is 12.5. The Morgan fingerprint density at radius 2 is 1.00 bits per heavy atom. The predicted octanol–water partition coefficient (Wildman–Crippen LogP) is 3.95. The second-order valence-electron chi connectivity index (χ2n) is 5.18. The summed E-state index contributed by atoms with van der Waals surface area (Å²) in [6.45, 7) is 7.41.